The van der Waals surface area contributed by atoms with E-state index in [2.05, 4.69) is 67.8 Å². The Hall–Kier alpha value is -2.18. The van der Waals surface area contributed by atoms with Crippen molar-refractivity contribution in [3.8, 4) is 0 Å². The highest BCUT2D eigenvalue weighted by Crippen LogP contribution is 2.16. The van der Waals surface area contributed by atoms with Gasteiger partial charge in [-0.05, 0) is 89.9 Å². The first-order valence-electron chi connectivity index (χ1n) is 28.4. The molecule has 0 saturated carbocycles. The third kappa shape index (κ3) is 51.1. The van der Waals surface area contributed by atoms with Crippen molar-refractivity contribution in [2.75, 3.05) is 13.2 Å². The van der Waals surface area contributed by atoms with Gasteiger partial charge in [0.1, 0.15) is 0 Å². The van der Waals surface area contributed by atoms with E-state index in [9.17, 15) is 19.8 Å². The number of aliphatic hydroxyl groups excluding tert-OH is 2. The van der Waals surface area contributed by atoms with Gasteiger partial charge in [0.25, 0.3) is 0 Å². The first-order chi connectivity index (χ1) is 32.0. The number of carbonyl (C=O) groups is 2. The molecule has 6 nitrogen and oxygen atoms in total. The summed E-state index contributed by atoms with van der Waals surface area (Å²) in [5, 5.41) is 23.2. The number of rotatable bonds is 52. The van der Waals surface area contributed by atoms with Gasteiger partial charge in [0.2, 0.25) is 5.91 Å². The molecule has 0 aromatic carbocycles. The first kappa shape index (κ1) is 62.8. The molecule has 0 rings (SSSR count). The molecule has 0 aliphatic rings. The Bertz CT molecular complexity index is 1100. The van der Waals surface area contributed by atoms with Crippen LogP contribution in [0.25, 0.3) is 0 Å². The summed E-state index contributed by atoms with van der Waals surface area (Å²) in [6, 6.07) is -0.549. The smallest absolute Gasteiger partial charge is 0.305 e. The van der Waals surface area contributed by atoms with Crippen molar-refractivity contribution in [2.24, 2.45) is 0 Å². The van der Waals surface area contributed by atoms with Crippen LogP contribution in [0.2, 0.25) is 0 Å². The number of amides is 1. The van der Waals surface area contributed by atoms with E-state index in [0.717, 1.165) is 77.0 Å². The third-order valence-corrected chi connectivity index (χ3v) is 12.9. The van der Waals surface area contributed by atoms with E-state index in [-0.39, 0.29) is 18.5 Å². The summed E-state index contributed by atoms with van der Waals surface area (Å²) >= 11 is 0. The number of ether oxygens (including phenoxy) is 1. The zero-order valence-electron chi connectivity index (χ0n) is 43.2. The van der Waals surface area contributed by atoms with Crippen LogP contribution in [0.4, 0.5) is 0 Å². The standard InChI is InChI=1S/C59H109NO5/c1-3-5-7-9-11-13-15-16-17-18-23-26-29-33-37-41-45-49-53-59(64)65-54-50-46-42-38-34-30-27-24-21-19-20-22-25-28-32-36-40-44-48-52-58(63)60-56(55-61)57(62)51-47-43-39-35-31-14-12-10-8-6-4-2/h13,15,17-18,24,27,30,34,56-57,61-62H,3-12,14,16,19-23,25-26,28-29,31-33,35-55H2,1-2H3,(H,60,63)/b15-13-,18-17-,27-24-,34-30-. The summed E-state index contributed by atoms with van der Waals surface area (Å²) in [6.07, 6.45) is 68.1. The molecule has 0 saturated heterocycles. The second-order valence-electron chi connectivity index (χ2n) is 19.3. The van der Waals surface area contributed by atoms with Gasteiger partial charge in [-0.1, -0.05) is 236 Å². The second-order valence-corrected chi connectivity index (χ2v) is 19.3. The van der Waals surface area contributed by atoms with Crippen molar-refractivity contribution >= 4 is 11.9 Å². The van der Waals surface area contributed by atoms with Gasteiger partial charge in [-0.25, -0.2) is 0 Å². The van der Waals surface area contributed by atoms with E-state index in [1.165, 1.54) is 180 Å². The largest absolute Gasteiger partial charge is 0.466 e. The lowest BCUT2D eigenvalue weighted by Gasteiger charge is -2.22. The second kappa shape index (κ2) is 54.4. The van der Waals surface area contributed by atoms with Crippen LogP contribution in [-0.2, 0) is 14.3 Å². The molecule has 0 aromatic heterocycles. The predicted octanol–water partition coefficient (Wildman–Crippen LogP) is 17.4. The van der Waals surface area contributed by atoms with Gasteiger partial charge in [0.15, 0.2) is 0 Å². The molecule has 0 spiro atoms. The zero-order chi connectivity index (χ0) is 47.2. The quantitative estimate of drug-likeness (QED) is 0.0245. The molecule has 0 fully saturated rings. The van der Waals surface area contributed by atoms with Gasteiger partial charge in [-0.3, -0.25) is 9.59 Å². The summed E-state index contributed by atoms with van der Waals surface area (Å²) in [4.78, 5) is 24.5. The fourth-order valence-electron chi connectivity index (χ4n) is 8.48. The number of carbonyl (C=O) groups excluding carboxylic acids is 2. The molecule has 0 heterocycles. The Labute approximate surface area is 404 Å². The van der Waals surface area contributed by atoms with E-state index in [4.69, 9.17) is 4.74 Å². The van der Waals surface area contributed by atoms with Crippen LogP contribution in [0.3, 0.4) is 0 Å². The van der Waals surface area contributed by atoms with Crippen LogP contribution in [0.15, 0.2) is 48.6 Å². The van der Waals surface area contributed by atoms with E-state index < -0.39 is 12.1 Å². The highest BCUT2D eigenvalue weighted by atomic mass is 16.5. The Morgan fingerprint density at radius 1 is 0.446 bits per heavy atom. The molecule has 0 aliphatic carbocycles. The lowest BCUT2D eigenvalue weighted by atomic mass is 10.0. The number of hydrogen-bond acceptors (Lipinski definition) is 5. The molecule has 0 aliphatic heterocycles. The summed E-state index contributed by atoms with van der Waals surface area (Å²) in [5.41, 5.74) is 0. The van der Waals surface area contributed by atoms with Crippen LogP contribution in [0.1, 0.15) is 290 Å². The van der Waals surface area contributed by atoms with E-state index >= 15 is 0 Å². The highest BCUT2D eigenvalue weighted by Gasteiger charge is 2.20. The third-order valence-electron chi connectivity index (χ3n) is 12.9. The maximum Gasteiger partial charge on any atom is 0.305 e. The predicted molar refractivity (Wildman–Crippen MR) is 282 cm³/mol. The average Bonchev–Trinajstić information content (AvgIpc) is 3.31. The van der Waals surface area contributed by atoms with Gasteiger partial charge < -0.3 is 20.3 Å². The minimum Gasteiger partial charge on any atom is -0.466 e. The monoisotopic (exact) mass is 912 g/mol. The molecule has 6 heteroatoms. The number of hydrogen-bond donors (Lipinski definition) is 3. The summed E-state index contributed by atoms with van der Waals surface area (Å²) in [6.45, 7) is 4.88. The molecule has 2 atom stereocenters. The molecular formula is C59H109NO5. The van der Waals surface area contributed by atoms with Crippen LogP contribution in [-0.4, -0.2) is 47.4 Å². The normalized spacial score (nSPS) is 13.0. The molecule has 380 valence electrons. The Morgan fingerprint density at radius 2 is 0.815 bits per heavy atom. The Morgan fingerprint density at radius 3 is 1.28 bits per heavy atom. The van der Waals surface area contributed by atoms with E-state index in [1.807, 2.05) is 0 Å². The molecule has 0 bridgehead atoms. The lowest BCUT2D eigenvalue weighted by Crippen LogP contribution is -2.45. The van der Waals surface area contributed by atoms with Crippen molar-refractivity contribution in [3.05, 3.63) is 48.6 Å². The van der Waals surface area contributed by atoms with Crippen LogP contribution in [0.5, 0.6) is 0 Å². The van der Waals surface area contributed by atoms with Crippen molar-refractivity contribution < 1.29 is 24.5 Å². The molecule has 1 amide bonds. The molecular weight excluding hydrogens is 803 g/mol. The van der Waals surface area contributed by atoms with E-state index in [0.29, 0.717) is 25.9 Å². The molecule has 3 N–H and O–H groups in total. The number of allylic oxidation sites excluding steroid dienone is 8. The van der Waals surface area contributed by atoms with Crippen molar-refractivity contribution in [1.29, 1.82) is 0 Å². The van der Waals surface area contributed by atoms with Gasteiger partial charge in [-0.2, -0.15) is 0 Å². The molecule has 65 heavy (non-hydrogen) atoms. The van der Waals surface area contributed by atoms with Gasteiger partial charge in [0.05, 0.1) is 25.4 Å². The minimum absolute atomic E-state index is 0.0213. The Kier molecular flexibility index (Phi) is 52.6. The highest BCUT2D eigenvalue weighted by molar-refractivity contribution is 5.76. The van der Waals surface area contributed by atoms with E-state index in [1.54, 1.807) is 0 Å². The topological polar surface area (TPSA) is 95.9 Å². The molecule has 0 radical (unpaired) electrons. The van der Waals surface area contributed by atoms with Crippen LogP contribution >= 0.6 is 0 Å². The molecule has 0 aromatic rings. The van der Waals surface area contributed by atoms with Gasteiger partial charge in [0, 0.05) is 12.8 Å². The summed E-state index contributed by atoms with van der Waals surface area (Å²) < 4.78 is 5.46. The average molecular weight is 913 g/mol. The fraction of sp³-hybridized carbons (Fsp3) is 0.831. The number of aliphatic hydroxyl groups is 2. The van der Waals surface area contributed by atoms with Gasteiger partial charge >= 0.3 is 5.97 Å². The number of nitrogens with one attached hydrogen (secondary N) is 1. The Balaban J connectivity index is 3.47. The van der Waals surface area contributed by atoms with Crippen LogP contribution in [0, 0.1) is 0 Å². The maximum atomic E-state index is 12.4. The molecule has 2 unspecified atom stereocenters. The number of unbranched alkanes of at least 4 members (excludes halogenated alkanes) is 34. The SMILES string of the molecule is CCCCCC/C=C\C/C=C\CCCCCCCCCC(=O)OCCCCC/C=C\C=C/CCCCCCCCCCCCC(=O)NC(CO)C(O)CCCCCCCCCCCCC. The summed E-state index contributed by atoms with van der Waals surface area (Å²) in [7, 11) is 0. The zero-order valence-corrected chi connectivity index (χ0v) is 43.2. The van der Waals surface area contributed by atoms with Crippen molar-refractivity contribution in [2.45, 2.75) is 302 Å². The van der Waals surface area contributed by atoms with Gasteiger partial charge in [-0.15, -0.1) is 0 Å². The number of esters is 1. The fourth-order valence-corrected chi connectivity index (χ4v) is 8.48. The van der Waals surface area contributed by atoms with Crippen LogP contribution < -0.4 is 5.32 Å². The van der Waals surface area contributed by atoms with Crippen molar-refractivity contribution in [3.63, 3.8) is 0 Å². The lowest BCUT2D eigenvalue weighted by molar-refractivity contribution is -0.143. The maximum absolute atomic E-state index is 12.4. The van der Waals surface area contributed by atoms with Crippen molar-refractivity contribution in [1.82, 2.24) is 5.32 Å². The summed E-state index contributed by atoms with van der Waals surface area (Å²) in [5.74, 6) is -0.0681. The first-order valence-corrected chi connectivity index (χ1v) is 28.4. The minimum atomic E-state index is -0.670.